The first kappa shape index (κ1) is 19.9. The molecule has 10 heteroatoms. The molecule has 1 saturated heterocycles. The van der Waals surface area contributed by atoms with Crippen molar-refractivity contribution in [2.45, 2.75) is 38.1 Å². The molecule has 0 saturated carbocycles. The summed E-state index contributed by atoms with van der Waals surface area (Å²) < 4.78 is 1.71. The summed E-state index contributed by atoms with van der Waals surface area (Å²) in [5.74, 6) is 0.995. The number of hydrogen-bond donors (Lipinski definition) is 2. The third-order valence-corrected chi connectivity index (χ3v) is 9.45. The van der Waals surface area contributed by atoms with E-state index in [0.29, 0.717) is 42.9 Å². The second-order valence-electron chi connectivity index (χ2n) is 8.86. The number of aliphatic carboxylic acids is 1. The van der Waals surface area contributed by atoms with Crippen LogP contribution >= 0.6 is 23.1 Å². The number of fused-ring (bicyclic) bond motifs is 5. The van der Waals surface area contributed by atoms with Crippen molar-refractivity contribution in [3.63, 3.8) is 0 Å². The maximum atomic E-state index is 13.5. The summed E-state index contributed by atoms with van der Waals surface area (Å²) in [5, 5.41) is 13.5. The van der Waals surface area contributed by atoms with E-state index < -0.39 is 11.5 Å². The lowest BCUT2D eigenvalue weighted by atomic mass is 9.88. The number of anilines is 2. The molecule has 3 aromatic rings. The highest BCUT2D eigenvalue weighted by Crippen LogP contribution is 2.45. The molecule has 0 amide bonds. The smallest absolute Gasteiger partial charge is 0.306 e. The molecule has 0 aromatic carbocycles. The average molecular weight is 469 g/mol. The number of carboxylic acids is 1. The van der Waals surface area contributed by atoms with E-state index in [1.54, 1.807) is 22.4 Å². The molecule has 1 spiro atoms. The lowest BCUT2D eigenvalue weighted by molar-refractivity contribution is -0.142. The molecule has 3 aromatic heterocycles. The minimum absolute atomic E-state index is 0.0377. The Labute approximate surface area is 191 Å². The number of thioether (sulfide) groups is 1. The van der Waals surface area contributed by atoms with Crippen molar-refractivity contribution in [3.8, 4) is 0 Å². The van der Waals surface area contributed by atoms with E-state index in [2.05, 4.69) is 15.3 Å². The Morgan fingerprint density at radius 1 is 1.31 bits per heavy atom. The van der Waals surface area contributed by atoms with Crippen LogP contribution in [0, 0.1) is 12.8 Å². The van der Waals surface area contributed by atoms with E-state index in [4.69, 9.17) is 0 Å². The van der Waals surface area contributed by atoms with Crippen molar-refractivity contribution in [1.82, 2.24) is 14.5 Å². The summed E-state index contributed by atoms with van der Waals surface area (Å²) in [6, 6.07) is 1.74. The van der Waals surface area contributed by atoms with Gasteiger partial charge >= 0.3 is 5.97 Å². The van der Waals surface area contributed by atoms with Crippen LogP contribution in [0.2, 0.25) is 0 Å². The molecule has 2 N–H and O–H groups in total. The highest BCUT2D eigenvalue weighted by Gasteiger charge is 2.49. The van der Waals surface area contributed by atoms with Gasteiger partial charge in [-0.1, -0.05) is 0 Å². The van der Waals surface area contributed by atoms with E-state index in [9.17, 15) is 19.5 Å². The van der Waals surface area contributed by atoms with Crippen molar-refractivity contribution in [1.29, 1.82) is 0 Å². The number of nitrogens with one attached hydrogen (secondary N) is 1. The van der Waals surface area contributed by atoms with Gasteiger partial charge in [0.05, 0.1) is 22.5 Å². The fraction of sp³-hybridized carbons (Fsp3) is 0.409. The van der Waals surface area contributed by atoms with Crippen molar-refractivity contribution < 1.29 is 14.7 Å². The van der Waals surface area contributed by atoms with Gasteiger partial charge in [-0.05, 0) is 43.4 Å². The van der Waals surface area contributed by atoms with Crippen LogP contribution in [0.4, 0.5) is 11.5 Å². The molecular formula is C22H20N4O4S2. The van der Waals surface area contributed by atoms with Gasteiger partial charge in [-0.25, -0.2) is 9.97 Å². The number of ketones is 1. The molecule has 1 aliphatic carbocycles. The second kappa shape index (κ2) is 6.89. The van der Waals surface area contributed by atoms with Crippen LogP contribution in [0.5, 0.6) is 0 Å². The molecule has 0 radical (unpaired) electrons. The van der Waals surface area contributed by atoms with Crippen LogP contribution in [0.25, 0.3) is 10.2 Å². The van der Waals surface area contributed by atoms with Crippen molar-refractivity contribution in [2.75, 3.05) is 16.8 Å². The fourth-order valence-electron chi connectivity index (χ4n) is 5.21. The van der Waals surface area contributed by atoms with Gasteiger partial charge < -0.3 is 10.4 Å². The van der Waals surface area contributed by atoms with Gasteiger partial charge in [0.25, 0.3) is 5.56 Å². The highest BCUT2D eigenvalue weighted by molar-refractivity contribution is 8.00. The van der Waals surface area contributed by atoms with Crippen molar-refractivity contribution >= 4 is 56.6 Å². The molecule has 0 unspecified atom stereocenters. The van der Waals surface area contributed by atoms with Crippen molar-refractivity contribution in [2.24, 2.45) is 5.92 Å². The van der Waals surface area contributed by atoms with Gasteiger partial charge in [0, 0.05) is 22.8 Å². The number of aryl methyl sites for hydroxylation is 2. The fourth-order valence-corrected chi connectivity index (χ4v) is 7.61. The zero-order valence-electron chi connectivity index (χ0n) is 17.3. The average Bonchev–Trinajstić information content (AvgIpc) is 3.27. The summed E-state index contributed by atoms with van der Waals surface area (Å²) >= 11 is 3.25. The Hall–Kier alpha value is -2.72. The molecule has 3 aliphatic rings. The van der Waals surface area contributed by atoms with E-state index in [1.807, 2.05) is 6.92 Å². The van der Waals surface area contributed by atoms with Gasteiger partial charge in [0.15, 0.2) is 5.78 Å². The van der Waals surface area contributed by atoms with E-state index in [1.165, 1.54) is 17.7 Å². The van der Waals surface area contributed by atoms with Crippen LogP contribution in [-0.2, 0) is 23.2 Å². The first-order chi connectivity index (χ1) is 15.4. The maximum Gasteiger partial charge on any atom is 0.306 e. The monoisotopic (exact) mass is 468 g/mol. The summed E-state index contributed by atoms with van der Waals surface area (Å²) in [7, 11) is 0. The minimum atomic E-state index is -0.767. The Balaban J connectivity index is 1.46. The summed E-state index contributed by atoms with van der Waals surface area (Å²) in [4.78, 5) is 48.2. The van der Waals surface area contributed by atoms with E-state index in [-0.39, 0.29) is 17.3 Å². The number of carbonyl (C=O) groups is 2. The molecule has 0 bridgehead atoms. The third-order valence-electron chi connectivity index (χ3n) is 6.81. The zero-order chi connectivity index (χ0) is 22.2. The lowest BCUT2D eigenvalue weighted by Gasteiger charge is -2.39. The van der Waals surface area contributed by atoms with Crippen LogP contribution in [0.3, 0.4) is 0 Å². The number of hydrogen-bond acceptors (Lipinski definition) is 8. The lowest BCUT2D eigenvalue weighted by Crippen LogP contribution is -2.49. The molecule has 2 aliphatic heterocycles. The van der Waals surface area contributed by atoms with Crippen LogP contribution in [-0.4, -0.2) is 42.9 Å². The molecule has 5 heterocycles. The molecule has 6 rings (SSSR count). The number of nitrogens with zero attached hydrogens (tertiary/aromatic N) is 3. The number of rotatable bonds is 3. The topological polar surface area (TPSA) is 114 Å². The number of pyridine rings is 1. The summed E-state index contributed by atoms with van der Waals surface area (Å²) in [5.41, 5.74) is 2.19. The first-order valence-corrected chi connectivity index (χ1v) is 12.5. The Bertz CT molecular complexity index is 1390. The second-order valence-corrected chi connectivity index (χ2v) is 10.9. The standard InChI is InChI=1S/C22H20N4O4S2/c1-10-4-13(20(28)26-17(10)14(27)6-22(26)7-31-8-22)25-18-16-12-3-2-11(21(29)30)5-15(12)32-19(16)24-9-23-18/h4,9,11H,2-3,5-8H2,1H3,(H,29,30)(H,23,24,25)/t11-/m0/s1. The molecule has 1 atom stereocenters. The van der Waals surface area contributed by atoms with Crippen molar-refractivity contribution in [3.05, 3.63) is 44.4 Å². The number of carboxylic acid groups (broad SMARTS) is 1. The zero-order valence-corrected chi connectivity index (χ0v) is 18.9. The van der Waals surface area contributed by atoms with Gasteiger partial charge in [0.1, 0.15) is 22.7 Å². The number of thiophene rings is 1. The summed E-state index contributed by atoms with van der Waals surface area (Å²) in [6.45, 7) is 1.87. The van der Waals surface area contributed by atoms with Crippen LogP contribution in [0.1, 0.15) is 39.3 Å². The molecule has 164 valence electrons. The Kier molecular flexibility index (Phi) is 4.29. The Morgan fingerprint density at radius 3 is 2.84 bits per heavy atom. The summed E-state index contributed by atoms with van der Waals surface area (Å²) in [6.07, 6.45) is 3.57. The number of aromatic nitrogens is 3. The maximum absolute atomic E-state index is 13.5. The van der Waals surface area contributed by atoms with Gasteiger partial charge in [-0.3, -0.25) is 19.0 Å². The number of carbonyl (C=O) groups excluding carboxylic acids is 1. The molecule has 8 nitrogen and oxygen atoms in total. The van der Waals surface area contributed by atoms with E-state index >= 15 is 0 Å². The van der Waals surface area contributed by atoms with Gasteiger partial charge in [-0.2, -0.15) is 11.8 Å². The Morgan fingerprint density at radius 2 is 2.12 bits per heavy atom. The quantitative estimate of drug-likeness (QED) is 0.603. The largest absolute Gasteiger partial charge is 0.481 e. The normalized spacial score (nSPS) is 20.8. The SMILES string of the molecule is Cc1cc(Nc2ncnc3sc4c(c23)CC[C@H](C(=O)O)C4)c(=O)n2c1C(=O)CC21CSC1. The van der Waals surface area contributed by atoms with Gasteiger partial charge in [-0.15, -0.1) is 11.3 Å². The predicted octanol–water partition coefficient (Wildman–Crippen LogP) is 3.12. The van der Waals surface area contributed by atoms with Gasteiger partial charge in [0.2, 0.25) is 0 Å². The van der Waals surface area contributed by atoms with Crippen LogP contribution in [0.15, 0.2) is 17.2 Å². The molecule has 32 heavy (non-hydrogen) atoms. The highest BCUT2D eigenvalue weighted by atomic mass is 32.2. The number of Topliss-reactive ketones (excluding diaryl/α,β-unsaturated/α-hetero) is 1. The predicted molar refractivity (Wildman–Crippen MR) is 124 cm³/mol. The van der Waals surface area contributed by atoms with E-state index in [0.717, 1.165) is 37.7 Å². The minimum Gasteiger partial charge on any atom is -0.481 e. The first-order valence-electron chi connectivity index (χ1n) is 10.5. The molecule has 1 fully saturated rings. The van der Waals surface area contributed by atoms with Crippen LogP contribution < -0.4 is 10.9 Å². The third kappa shape index (κ3) is 2.72. The molecular weight excluding hydrogens is 448 g/mol.